The predicted molar refractivity (Wildman–Crippen MR) is 134 cm³/mol. The van der Waals surface area contributed by atoms with Crippen molar-refractivity contribution < 1.29 is 19.1 Å². The Kier molecular flexibility index (Phi) is 6.84. The summed E-state index contributed by atoms with van der Waals surface area (Å²) >= 11 is 6.06. The normalized spacial score (nSPS) is 10.7. The third-order valence-electron chi connectivity index (χ3n) is 5.39. The fraction of sp³-hybridized carbons (Fsp3) is 0.154. The third-order valence-corrected chi connectivity index (χ3v) is 5.62. The van der Waals surface area contributed by atoms with Crippen molar-refractivity contribution in [1.82, 2.24) is 9.55 Å². The minimum Gasteiger partial charge on any atom is -0.497 e. The molecule has 0 aliphatic carbocycles. The third kappa shape index (κ3) is 5.02. The molecule has 0 saturated heterocycles. The van der Waals surface area contributed by atoms with Gasteiger partial charge in [0.1, 0.15) is 23.7 Å². The number of hydrogen-bond donors (Lipinski definition) is 1. The van der Waals surface area contributed by atoms with Gasteiger partial charge in [0.05, 0.1) is 30.9 Å². The van der Waals surface area contributed by atoms with E-state index in [4.69, 9.17) is 21.1 Å². The molecule has 9 heteroatoms. The second-order valence-corrected chi connectivity index (χ2v) is 8.21. The number of nitrogens with one attached hydrogen (secondary N) is 1. The molecule has 1 N–H and O–H groups in total. The van der Waals surface area contributed by atoms with Gasteiger partial charge in [-0.3, -0.25) is 14.4 Å². The van der Waals surface area contributed by atoms with E-state index >= 15 is 0 Å². The largest absolute Gasteiger partial charge is 0.497 e. The molecule has 0 spiro atoms. The molecule has 4 rings (SSSR count). The van der Waals surface area contributed by atoms with Crippen molar-refractivity contribution >= 4 is 40.0 Å². The molecule has 0 fully saturated rings. The van der Waals surface area contributed by atoms with Gasteiger partial charge in [-0.1, -0.05) is 23.7 Å². The van der Waals surface area contributed by atoms with Crippen LogP contribution in [0, 0.1) is 6.92 Å². The number of anilines is 1. The topological polar surface area (TPSA) is 99.5 Å². The quantitative estimate of drug-likeness (QED) is 0.388. The number of ketones is 1. The SMILES string of the molecule is COc1cccc(C(=O)c2cn(CC(=O)Nc3cc(Cl)ccc3OC)c3nc(C)ccc3c2=O)c1. The Morgan fingerprint density at radius 2 is 1.86 bits per heavy atom. The first kappa shape index (κ1) is 24.0. The Bertz CT molecular complexity index is 1510. The summed E-state index contributed by atoms with van der Waals surface area (Å²) < 4.78 is 12.0. The number of aryl methyl sites for hydroxylation is 1. The number of methoxy groups -OCH3 is 2. The summed E-state index contributed by atoms with van der Waals surface area (Å²) in [6.45, 7) is 1.57. The maximum absolute atomic E-state index is 13.3. The lowest BCUT2D eigenvalue weighted by Crippen LogP contribution is -2.25. The van der Waals surface area contributed by atoms with Crippen LogP contribution in [0.3, 0.4) is 0 Å². The van der Waals surface area contributed by atoms with Gasteiger partial charge in [-0.2, -0.15) is 0 Å². The molecule has 0 atom stereocenters. The standard InChI is InChI=1S/C26H22ClN3O5/c1-15-7-9-19-25(33)20(24(32)16-5-4-6-18(11-16)34-2)13-30(26(19)28-15)14-23(31)29-21-12-17(27)8-10-22(21)35-3/h4-13H,14H2,1-3H3,(H,29,31). The Hall–Kier alpha value is -4.17. The summed E-state index contributed by atoms with van der Waals surface area (Å²) in [6.07, 6.45) is 1.37. The number of halogens is 1. The minimum absolute atomic E-state index is 0.0791. The Labute approximate surface area is 206 Å². The number of fused-ring (bicyclic) bond motifs is 1. The van der Waals surface area contributed by atoms with Crippen LogP contribution in [0.25, 0.3) is 11.0 Å². The highest BCUT2D eigenvalue weighted by atomic mass is 35.5. The number of aromatic nitrogens is 2. The highest BCUT2D eigenvalue weighted by molar-refractivity contribution is 6.31. The molecule has 0 unspecified atom stereocenters. The summed E-state index contributed by atoms with van der Waals surface area (Å²) in [5.41, 5.74) is 1.10. The molecule has 0 aliphatic heterocycles. The highest BCUT2D eigenvalue weighted by Gasteiger charge is 2.20. The first-order chi connectivity index (χ1) is 16.8. The molecule has 35 heavy (non-hydrogen) atoms. The average molecular weight is 492 g/mol. The van der Waals surface area contributed by atoms with E-state index in [9.17, 15) is 14.4 Å². The molecule has 2 aromatic carbocycles. The summed E-state index contributed by atoms with van der Waals surface area (Å²) in [7, 11) is 2.98. The Balaban J connectivity index is 1.77. The van der Waals surface area contributed by atoms with E-state index in [2.05, 4.69) is 10.3 Å². The molecule has 0 saturated carbocycles. The van der Waals surface area contributed by atoms with E-state index < -0.39 is 17.1 Å². The summed E-state index contributed by atoms with van der Waals surface area (Å²) in [6, 6.07) is 14.7. The number of nitrogens with zero attached hydrogens (tertiary/aromatic N) is 2. The van der Waals surface area contributed by atoms with Gasteiger partial charge in [-0.25, -0.2) is 4.98 Å². The second-order valence-electron chi connectivity index (χ2n) is 7.78. The van der Waals surface area contributed by atoms with Gasteiger partial charge in [0.2, 0.25) is 11.3 Å². The van der Waals surface area contributed by atoms with Gasteiger partial charge in [0.15, 0.2) is 5.78 Å². The molecular formula is C26H22ClN3O5. The van der Waals surface area contributed by atoms with E-state index in [0.29, 0.717) is 39.1 Å². The molecule has 0 radical (unpaired) electrons. The van der Waals surface area contributed by atoms with Crippen molar-refractivity contribution in [2.45, 2.75) is 13.5 Å². The molecule has 8 nitrogen and oxygen atoms in total. The van der Waals surface area contributed by atoms with Crippen LogP contribution in [0.1, 0.15) is 21.6 Å². The van der Waals surface area contributed by atoms with Crippen molar-refractivity contribution in [3.8, 4) is 11.5 Å². The molecule has 2 heterocycles. The number of rotatable bonds is 7. The summed E-state index contributed by atoms with van der Waals surface area (Å²) in [5, 5.41) is 3.43. The summed E-state index contributed by atoms with van der Waals surface area (Å²) in [5.74, 6) is 0.0279. The molecule has 0 aliphatic rings. The molecule has 1 amide bonds. The fourth-order valence-electron chi connectivity index (χ4n) is 3.68. The van der Waals surface area contributed by atoms with E-state index in [1.807, 2.05) is 0 Å². The van der Waals surface area contributed by atoms with Gasteiger partial charge in [-0.05, 0) is 49.4 Å². The first-order valence-corrected chi connectivity index (χ1v) is 11.0. The zero-order chi connectivity index (χ0) is 25.1. The molecule has 4 aromatic rings. The van der Waals surface area contributed by atoms with Crippen LogP contribution >= 0.6 is 11.6 Å². The number of pyridine rings is 2. The van der Waals surface area contributed by atoms with E-state index in [1.54, 1.807) is 61.5 Å². The molecule has 0 bridgehead atoms. The number of hydrogen-bond acceptors (Lipinski definition) is 6. The van der Waals surface area contributed by atoms with Gasteiger partial charge in [-0.15, -0.1) is 0 Å². The smallest absolute Gasteiger partial charge is 0.244 e. The number of amides is 1. The zero-order valence-electron chi connectivity index (χ0n) is 19.3. The fourth-order valence-corrected chi connectivity index (χ4v) is 3.86. The van der Waals surface area contributed by atoms with Crippen LogP contribution in [-0.2, 0) is 11.3 Å². The maximum Gasteiger partial charge on any atom is 0.244 e. The van der Waals surface area contributed by atoms with Gasteiger partial charge in [0, 0.05) is 22.5 Å². The lowest BCUT2D eigenvalue weighted by Gasteiger charge is -2.14. The van der Waals surface area contributed by atoms with Gasteiger partial charge in [0.25, 0.3) is 0 Å². The Morgan fingerprint density at radius 3 is 2.60 bits per heavy atom. The zero-order valence-corrected chi connectivity index (χ0v) is 20.1. The van der Waals surface area contributed by atoms with Crippen LogP contribution in [0.4, 0.5) is 5.69 Å². The van der Waals surface area contributed by atoms with Crippen LogP contribution in [0.2, 0.25) is 5.02 Å². The van der Waals surface area contributed by atoms with E-state index in [-0.39, 0.29) is 17.5 Å². The van der Waals surface area contributed by atoms with Crippen molar-refractivity contribution in [2.24, 2.45) is 0 Å². The van der Waals surface area contributed by atoms with Gasteiger partial charge >= 0.3 is 0 Å². The van der Waals surface area contributed by atoms with Crippen LogP contribution in [0.5, 0.6) is 11.5 Å². The van der Waals surface area contributed by atoms with Crippen LogP contribution in [-0.4, -0.2) is 35.5 Å². The maximum atomic E-state index is 13.3. The molecule has 178 valence electrons. The van der Waals surface area contributed by atoms with Crippen LogP contribution in [0.15, 0.2) is 65.6 Å². The van der Waals surface area contributed by atoms with Crippen molar-refractivity contribution in [3.63, 3.8) is 0 Å². The number of benzene rings is 2. The average Bonchev–Trinajstić information content (AvgIpc) is 2.85. The number of ether oxygens (including phenoxy) is 2. The monoisotopic (exact) mass is 491 g/mol. The van der Waals surface area contributed by atoms with Crippen molar-refractivity contribution in [1.29, 1.82) is 0 Å². The minimum atomic E-state index is -0.484. The van der Waals surface area contributed by atoms with E-state index in [0.717, 1.165) is 0 Å². The number of carbonyl (C=O) groups is 2. The van der Waals surface area contributed by atoms with E-state index in [1.165, 1.54) is 25.0 Å². The summed E-state index contributed by atoms with van der Waals surface area (Å²) in [4.78, 5) is 43.9. The number of carbonyl (C=O) groups excluding carboxylic acids is 2. The molecular weight excluding hydrogens is 470 g/mol. The van der Waals surface area contributed by atoms with Crippen molar-refractivity contribution in [2.75, 3.05) is 19.5 Å². The second kappa shape index (κ2) is 9.99. The lowest BCUT2D eigenvalue weighted by molar-refractivity contribution is -0.116. The van der Waals surface area contributed by atoms with Gasteiger partial charge < -0.3 is 19.4 Å². The van der Waals surface area contributed by atoms with Crippen LogP contribution < -0.4 is 20.2 Å². The highest BCUT2D eigenvalue weighted by Crippen LogP contribution is 2.27. The predicted octanol–water partition coefficient (Wildman–Crippen LogP) is 4.25. The Morgan fingerprint density at radius 1 is 1.06 bits per heavy atom. The molecule has 2 aromatic heterocycles. The first-order valence-electron chi connectivity index (χ1n) is 10.6. The van der Waals surface area contributed by atoms with Crippen molar-refractivity contribution in [3.05, 3.63) is 92.9 Å². The lowest BCUT2D eigenvalue weighted by atomic mass is 10.0.